The Balaban J connectivity index is 1.48. The van der Waals surface area contributed by atoms with Gasteiger partial charge in [-0.1, -0.05) is 56.7 Å². The number of carbonyl (C=O) groups excluding carboxylic acids is 3. The molecule has 0 radical (unpaired) electrons. The molecule has 1 aromatic heterocycles. The van der Waals surface area contributed by atoms with E-state index in [2.05, 4.69) is 15.6 Å². The van der Waals surface area contributed by atoms with E-state index in [0.29, 0.717) is 31.6 Å². The van der Waals surface area contributed by atoms with Crippen LogP contribution in [0.3, 0.4) is 0 Å². The van der Waals surface area contributed by atoms with E-state index >= 15 is 0 Å². The van der Waals surface area contributed by atoms with Crippen LogP contribution in [-0.2, 0) is 20.7 Å². The van der Waals surface area contributed by atoms with Crippen molar-refractivity contribution in [2.75, 3.05) is 20.3 Å². The summed E-state index contributed by atoms with van der Waals surface area (Å²) in [7, 11) is 1.62. The Kier molecular flexibility index (Phi) is 7.02. The number of hydrogen-bond acceptors (Lipinski definition) is 4. The lowest BCUT2D eigenvalue weighted by molar-refractivity contribution is -0.133. The molecule has 0 saturated heterocycles. The van der Waals surface area contributed by atoms with Gasteiger partial charge in [-0.05, 0) is 35.6 Å². The topological polar surface area (TPSA) is 104 Å². The van der Waals surface area contributed by atoms with Crippen molar-refractivity contribution in [3.8, 4) is 0 Å². The fourth-order valence-corrected chi connectivity index (χ4v) is 5.63. The minimum atomic E-state index is -0.732. The Morgan fingerprint density at radius 2 is 1.92 bits per heavy atom. The fourth-order valence-electron chi connectivity index (χ4n) is 5.63. The molecule has 3 aromatic rings. The number of hydrogen-bond donors (Lipinski definition) is 3. The van der Waals surface area contributed by atoms with Crippen LogP contribution in [0.4, 0.5) is 0 Å². The van der Waals surface area contributed by atoms with Gasteiger partial charge in [0.1, 0.15) is 12.1 Å². The van der Waals surface area contributed by atoms with Crippen molar-refractivity contribution < 1.29 is 19.1 Å². The first-order valence-corrected chi connectivity index (χ1v) is 13.0. The Labute approximate surface area is 216 Å². The van der Waals surface area contributed by atoms with Crippen LogP contribution in [-0.4, -0.2) is 60.0 Å². The van der Waals surface area contributed by atoms with Crippen LogP contribution in [0.5, 0.6) is 0 Å². The largest absolute Gasteiger partial charge is 0.385 e. The van der Waals surface area contributed by atoms with Gasteiger partial charge in [-0.2, -0.15) is 0 Å². The number of aromatic amines is 1. The number of para-hydroxylation sites is 1. The summed E-state index contributed by atoms with van der Waals surface area (Å²) >= 11 is 0. The summed E-state index contributed by atoms with van der Waals surface area (Å²) in [6.45, 7) is 4.98. The van der Waals surface area contributed by atoms with E-state index in [1.807, 2.05) is 62.4 Å². The van der Waals surface area contributed by atoms with Crippen LogP contribution in [0.2, 0.25) is 0 Å². The zero-order chi connectivity index (χ0) is 26.1. The van der Waals surface area contributed by atoms with Crippen molar-refractivity contribution in [2.45, 2.75) is 51.2 Å². The van der Waals surface area contributed by atoms with Crippen LogP contribution >= 0.6 is 0 Å². The van der Waals surface area contributed by atoms with E-state index < -0.39 is 12.1 Å². The molecule has 3 heterocycles. The van der Waals surface area contributed by atoms with E-state index in [4.69, 9.17) is 4.74 Å². The Hall–Kier alpha value is -3.65. The molecule has 194 valence electrons. The van der Waals surface area contributed by atoms with Crippen LogP contribution in [0, 0.1) is 5.92 Å². The van der Waals surface area contributed by atoms with Gasteiger partial charge in [0.05, 0.1) is 6.04 Å². The number of fused-ring (bicyclic) bond motifs is 7. The molecule has 0 bridgehead atoms. The van der Waals surface area contributed by atoms with E-state index in [0.717, 1.165) is 34.1 Å². The van der Waals surface area contributed by atoms with Crippen molar-refractivity contribution in [3.63, 3.8) is 0 Å². The lowest BCUT2D eigenvalue weighted by Gasteiger charge is -2.38. The number of carbonyl (C=O) groups is 3. The minimum absolute atomic E-state index is 0.0686. The third-order valence-corrected chi connectivity index (χ3v) is 7.77. The van der Waals surface area contributed by atoms with Gasteiger partial charge in [-0.15, -0.1) is 0 Å². The molecular formula is C29H34N4O4. The molecule has 0 aliphatic carbocycles. The number of rotatable bonds is 9. The summed E-state index contributed by atoms with van der Waals surface area (Å²) in [4.78, 5) is 45.8. The maximum atomic E-state index is 13.9. The van der Waals surface area contributed by atoms with E-state index in [-0.39, 0.29) is 29.7 Å². The zero-order valence-corrected chi connectivity index (χ0v) is 21.5. The third-order valence-electron chi connectivity index (χ3n) is 7.77. The molecule has 3 amide bonds. The van der Waals surface area contributed by atoms with Gasteiger partial charge in [-0.25, -0.2) is 0 Å². The van der Waals surface area contributed by atoms with Gasteiger partial charge in [0, 0.05) is 48.8 Å². The molecule has 2 aromatic carbocycles. The van der Waals surface area contributed by atoms with E-state index in [1.165, 1.54) is 0 Å². The van der Waals surface area contributed by atoms with Gasteiger partial charge in [0.2, 0.25) is 11.8 Å². The molecule has 0 unspecified atom stereocenters. The highest BCUT2D eigenvalue weighted by atomic mass is 16.5. The molecule has 8 heteroatoms. The fraction of sp³-hybridized carbons (Fsp3) is 0.414. The van der Waals surface area contributed by atoms with Crippen LogP contribution in [0.1, 0.15) is 59.9 Å². The first kappa shape index (κ1) is 25.0. The lowest BCUT2D eigenvalue weighted by Crippen LogP contribution is -2.58. The Morgan fingerprint density at radius 1 is 1.16 bits per heavy atom. The van der Waals surface area contributed by atoms with Gasteiger partial charge in [0.15, 0.2) is 0 Å². The molecule has 0 fully saturated rings. The standard InChI is InChI=1S/C29H34N4O4/c1-4-17(2)24(28(35)30-14-9-15-37-3)32-27(34)23-16-21-18-10-7-8-13-22(18)31-25(21)26-19-11-5-6-12-20(19)29(36)33(23)26/h5-8,10-13,17,23-24,26,31H,4,9,14-16H2,1-3H3,(H,30,35)(H,32,34)/t17-,23-,24-,26-/m0/s1. The SMILES string of the molecule is CC[C@H](C)[C@H](NC(=O)[C@@H]1Cc2c([nH]c3ccccc23)[C@@H]2c3ccccc3C(=O)N21)C(=O)NCCCOC. The average molecular weight is 503 g/mol. The zero-order valence-electron chi connectivity index (χ0n) is 21.5. The second-order valence-corrected chi connectivity index (χ2v) is 9.99. The Morgan fingerprint density at radius 3 is 2.70 bits per heavy atom. The smallest absolute Gasteiger partial charge is 0.255 e. The maximum Gasteiger partial charge on any atom is 0.255 e. The maximum absolute atomic E-state index is 13.9. The van der Waals surface area contributed by atoms with Gasteiger partial charge in [-0.3, -0.25) is 14.4 Å². The first-order valence-electron chi connectivity index (χ1n) is 13.0. The molecule has 0 saturated carbocycles. The first-order chi connectivity index (χ1) is 18.0. The van der Waals surface area contributed by atoms with Gasteiger partial charge in [0.25, 0.3) is 5.91 Å². The summed E-state index contributed by atoms with van der Waals surface area (Å²) in [5, 5.41) is 7.01. The highest BCUT2D eigenvalue weighted by Gasteiger charge is 2.49. The number of amides is 3. The van der Waals surface area contributed by atoms with Gasteiger partial charge < -0.3 is 25.3 Å². The highest BCUT2D eigenvalue weighted by Crippen LogP contribution is 2.46. The van der Waals surface area contributed by atoms with Crippen molar-refractivity contribution in [3.05, 3.63) is 70.9 Å². The van der Waals surface area contributed by atoms with Crippen molar-refractivity contribution >= 4 is 28.6 Å². The molecule has 4 atom stereocenters. The number of nitrogens with one attached hydrogen (secondary N) is 3. The normalized spacial score (nSPS) is 19.6. The average Bonchev–Trinajstić information content (AvgIpc) is 3.44. The molecule has 2 aliphatic heterocycles. The van der Waals surface area contributed by atoms with Crippen LogP contribution < -0.4 is 10.6 Å². The molecule has 2 aliphatic rings. The lowest BCUT2D eigenvalue weighted by atomic mass is 9.89. The number of ether oxygens (including phenoxy) is 1. The molecular weight excluding hydrogens is 468 g/mol. The number of nitrogens with zero attached hydrogens (tertiary/aromatic N) is 1. The monoisotopic (exact) mass is 502 g/mol. The predicted octanol–water partition coefficient (Wildman–Crippen LogP) is 3.32. The molecule has 3 N–H and O–H groups in total. The van der Waals surface area contributed by atoms with Crippen molar-refractivity contribution in [2.24, 2.45) is 5.92 Å². The minimum Gasteiger partial charge on any atom is -0.385 e. The van der Waals surface area contributed by atoms with E-state index in [9.17, 15) is 14.4 Å². The number of methoxy groups -OCH3 is 1. The quantitative estimate of drug-likeness (QED) is 0.391. The number of aromatic nitrogens is 1. The summed E-state index contributed by atoms with van der Waals surface area (Å²) in [5.74, 6) is -0.746. The van der Waals surface area contributed by atoms with Crippen LogP contribution in [0.25, 0.3) is 10.9 Å². The van der Waals surface area contributed by atoms with E-state index in [1.54, 1.807) is 12.0 Å². The molecule has 37 heavy (non-hydrogen) atoms. The number of H-pyrrole nitrogens is 1. The second kappa shape index (κ2) is 10.4. The highest BCUT2D eigenvalue weighted by molar-refractivity contribution is 6.04. The molecule has 5 rings (SSSR count). The summed E-state index contributed by atoms with van der Waals surface area (Å²) in [6.07, 6.45) is 1.80. The third kappa shape index (κ3) is 4.39. The molecule has 8 nitrogen and oxygen atoms in total. The predicted molar refractivity (Wildman–Crippen MR) is 141 cm³/mol. The number of benzene rings is 2. The van der Waals surface area contributed by atoms with Crippen molar-refractivity contribution in [1.29, 1.82) is 0 Å². The van der Waals surface area contributed by atoms with Crippen LogP contribution in [0.15, 0.2) is 48.5 Å². The van der Waals surface area contributed by atoms with Crippen molar-refractivity contribution in [1.82, 2.24) is 20.5 Å². The van der Waals surface area contributed by atoms with Gasteiger partial charge >= 0.3 is 0 Å². The summed E-state index contributed by atoms with van der Waals surface area (Å²) in [6, 6.07) is 13.8. The Bertz CT molecular complexity index is 1330. The second-order valence-electron chi connectivity index (χ2n) is 9.99. The summed E-state index contributed by atoms with van der Waals surface area (Å²) in [5.41, 5.74) is 4.50. The summed E-state index contributed by atoms with van der Waals surface area (Å²) < 4.78 is 5.06. The molecule has 0 spiro atoms.